The maximum Gasteiger partial charge on any atom is 0.380 e. The molecule has 1 heterocycles. The molecule has 0 aliphatic heterocycles. The average molecular weight is 315 g/mol. The number of hydrogen-bond donors (Lipinski definition) is 1. The number of carbonyl (C=O) groups excluding carboxylic acids is 3. The fourth-order valence-corrected chi connectivity index (χ4v) is 2.31. The monoisotopic (exact) mass is 315 g/mol. The first-order valence-electron chi connectivity index (χ1n) is 6.98. The number of aryl methyl sites for hydroxylation is 2. The zero-order chi connectivity index (χ0) is 17.0. The fourth-order valence-electron chi connectivity index (χ4n) is 2.31. The highest BCUT2D eigenvalue weighted by Gasteiger charge is 2.29. The molecule has 0 aliphatic carbocycles. The Morgan fingerprint density at radius 3 is 2.22 bits per heavy atom. The number of rotatable bonds is 5. The molecule has 6 nitrogen and oxygen atoms in total. The van der Waals surface area contributed by atoms with E-state index in [2.05, 4.69) is 9.72 Å². The Morgan fingerprint density at radius 1 is 1.00 bits per heavy atom. The van der Waals surface area contributed by atoms with Gasteiger partial charge in [-0.3, -0.25) is 4.79 Å². The van der Waals surface area contributed by atoms with E-state index in [4.69, 9.17) is 4.74 Å². The number of aromatic nitrogens is 1. The number of methoxy groups -OCH3 is 1. The van der Waals surface area contributed by atoms with Gasteiger partial charge in [0.2, 0.25) is 0 Å². The molecule has 0 radical (unpaired) electrons. The van der Waals surface area contributed by atoms with E-state index in [-0.39, 0.29) is 17.7 Å². The van der Waals surface area contributed by atoms with Crippen molar-refractivity contribution in [3.63, 3.8) is 0 Å². The highest BCUT2D eigenvalue weighted by atomic mass is 16.5. The van der Waals surface area contributed by atoms with Gasteiger partial charge in [-0.25, -0.2) is 9.59 Å². The number of Topliss-reactive ketones (excluding diaryl/α,β-unsaturated/α-hetero) is 1. The lowest BCUT2D eigenvalue weighted by atomic mass is 10.0. The zero-order valence-electron chi connectivity index (χ0n) is 13.1. The van der Waals surface area contributed by atoms with Gasteiger partial charge in [-0.2, -0.15) is 0 Å². The highest BCUT2D eigenvalue weighted by Crippen LogP contribution is 2.20. The number of esters is 2. The van der Waals surface area contributed by atoms with Crippen molar-refractivity contribution in [2.75, 3.05) is 7.11 Å². The minimum Gasteiger partial charge on any atom is -0.465 e. The van der Waals surface area contributed by atoms with Crippen LogP contribution in [0.25, 0.3) is 0 Å². The quantitative estimate of drug-likeness (QED) is 0.520. The van der Waals surface area contributed by atoms with E-state index >= 15 is 0 Å². The maximum absolute atomic E-state index is 12.3. The third kappa shape index (κ3) is 3.48. The second-order valence-electron chi connectivity index (χ2n) is 5.01. The molecular formula is C17H17NO5. The summed E-state index contributed by atoms with van der Waals surface area (Å²) in [5.74, 6) is -2.56. The molecule has 1 aromatic carbocycles. The minimum absolute atomic E-state index is 0.00703. The van der Waals surface area contributed by atoms with Crippen molar-refractivity contribution in [2.45, 2.75) is 20.5 Å². The van der Waals surface area contributed by atoms with Crippen LogP contribution >= 0.6 is 0 Å². The van der Waals surface area contributed by atoms with E-state index in [1.807, 2.05) is 6.07 Å². The van der Waals surface area contributed by atoms with Gasteiger partial charge < -0.3 is 14.5 Å². The van der Waals surface area contributed by atoms with Crippen LogP contribution in [0, 0.1) is 13.8 Å². The van der Waals surface area contributed by atoms with Crippen LogP contribution < -0.4 is 0 Å². The standard InChI is InChI=1S/C17H17NO5/c1-10-13(14(11(2)18-10)16(20)22-3)15(19)17(21)23-9-12-7-5-4-6-8-12/h4-8,18H,9H2,1-3H3. The SMILES string of the molecule is COC(=O)c1c(C)[nH]c(C)c1C(=O)C(=O)OCc1ccccc1. The first-order chi connectivity index (χ1) is 11.0. The molecule has 0 unspecified atom stereocenters. The highest BCUT2D eigenvalue weighted by molar-refractivity contribution is 6.42. The Morgan fingerprint density at radius 2 is 1.61 bits per heavy atom. The van der Waals surface area contributed by atoms with Gasteiger partial charge in [0.25, 0.3) is 5.78 Å². The van der Waals surface area contributed by atoms with Gasteiger partial charge in [-0.15, -0.1) is 0 Å². The Hall–Kier alpha value is -2.89. The van der Waals surface area contributed by atoms with Crippen molar-refractivity contribution >= 4 is 17.7 Å². The van der Waals surface area contributed by atoms with Crippen molar-refractivity contribution in [3.8, 4) is 0 Å². The molecule has 0 saturated carbocycles. The maximum atomic E-state index is 12.3. The normalized spacial score (nSPS) is 10.2. The number of nitrogens with one attached hydrogen (secondary N) is 1. The Bertz CT molecular complexity index is 746. The summed E-state index contributed by atoms with van der Waals surface area (Å²) in [5.41, 5.74) is 1.71. The molecule has 1 N–H and O–H groups in total. The first-order valence-corrected chi connectivity index (χ1v) is 6.98. The van der Waals surface area contributed by atoms with E-state index in [1.165, 1.54) is 7.11 Å². The lowest BCUT2D eigenvalue weighted by Crippen LogP contribution is -2.21. The molecule has 1 aromatic heterocycles. The smallest absolute Gasteiger partial charge is 0.380 e. The number of H-pyrrole nitrogens is 1. The Kier molecular flexibility index (Phi) is 4.95. The Labute approximate surface area is 133 Å². The molecule has 0 atom stereocenters. The molecule has 0 aliphatic rings. The zero-order valence-corrected chi connectivity index (χ0v) is 13.1. The van der Waals surface area contributed by atoms with Crippen LogP contribution in [0.1, 0.15) is 37.7 Å². The number of aromatic amines is 1. The largest absolute Gasteiger partial charge is 0.465 e. The number of benzene rings is 1. The molecule has 23 heavy (non-hydrogen) atoms. The summed E-state index contributed by atoms with van der Waals surface area (Å²) in [6.07, 6.45) is 0. The van der Waals surface area contributed by atoms with Gasteiger partial charge in [-0.1, -0.05) is 30.3 Å². The second-order valence-corrected chi connectivity index (χ2v) is 5.01. The van der Waals surface area contributed by atoms with Crippen molar-refractivity contribution in [3.05, 3.63) is 58.4 Å². The first kappa shape index (κ1) is 16.5. The van der Waals surface area contributed by atoms with E-state index in [9.17, 15) is 14.4 Å². The van der Waals surface area contributed by atoms with Crippen LogP contribution in [0.3, 0.4) is 0 Å². The second kappa shape index (κ2) is 6.91. The summed E-state index contributed by atoms with van der Waals surface area (Å²) in [6, 6.07) is 9.01. The summed E-state index contributed by atoms with van der Waals surface area (Å²) in [5, 5.41) is 0. The molecule has 6 heteroatoms. The molecule has 0 amide bonds. The van der Waals surface area contributed by atoms with Gasteiger partial charge in [0.15, 0.2) is 0 Å². The van der Waals surface area contributed by atoms with Crippen LogP contribution in [-0.4, -0.2) is 29.8 Å². The summed E-state index contributed by atoms with van der Waals surface area (Å²) < 4.78 is 9.69. The van der Waals surface area contributed by atoms with E-state index in [1.54, 1.807) is 38.1 Å². The van der Waals surface area contributed by atoms with Gasteiger partial charge in [0.05, 0.1) is 18.2 Å². The predicted octanol–water partition coefficient (Wildman–Crippen LogP) is 2.34. The third-order valence-corrected chi connectivity index (χ3v) is 3.39. The molecule has 2 rings (SSSR count). The minimum atomic E-state index is -1.01. The molecule has 0 saturated heterocycles. The van der Waals surface area contributed by atoms with Crippen molar-refractivity contribution in [2.24, 2.45) is 0 Å². The summed E-state index contributed by atoms with van der Waals surface area (Å²) in [4.78, 5) is 39.0. The number of carbonyl (C=O) groups is 3. The molecule has 0 bridgehead atoms. The average Bonchev–Trinajstić information content (AvgIpc) is 2.86. The van der Waals surface area contributed by atoms with Crippen LogP contribution in [-0.2, 0) is 20.9 Å². The number of hydrogen-bond acceptors (Lipinski definition) is 5. The van der Waals surface area contributed by atoms with Crippen LogP contribution in [0.2, 0.25) is 0 Å². The van der Waals surface area contributed by atoms with Crippen LogP contribution in [0.4, 0.5) is 0 Å². The fraction of sp³-hybridized carbons (Fsp3) is 0.235. The van der Waals surface area contributed by atoms with E-state index in [0.717, 1.165) is 5.56 Å². The molecule has 0 spiro atoms. The van der Waals surface area contributed by atoms with E-state index < -0.39 is 17.7 Å². The summed E-state index contributed by atoms with van der Waals surface area (Å²) in [6.45, 7) is 3.23. The molecular weight excluding hydrogens is 298 g/mol. The van der Waals surface area contributed by atoms with E-state index in [0.29, 0.717) is 11.4 Å². The van der Waals surface area contributed by atoms with Gasteiger partial charge in [-0.05, 0) is 19.4 Å². The van der Waals surface area contributed by atoms with Crippen molar-refractivity contribution < 1.29 is 23.9 Å². The van der Waals surface area contributed by atoms with Crippen molar-refractivity contribution in [1.82, 2.24) is 4.98 Å². The number of ketones is 1. The van der Waals surface area contributed by atoms with Gasteiger partial charge >= 0.3 is 11.9 Å². The topological polar surface area (TPSA) is 85.5 Å². The molecule has 2 aromatic rings. The van der Waals surface area contributed by atoms with Crippen LogP contribution in [0.15, 0.2) is 30.3 Å². The van der Waals surface area contributed by atoms with Crippen molar-refractivity contribution in [1.29, 1.82) is 0 Å². The van der Waals surface area contributed by atoms with Crippen LogP contribution in [0.5, 0.6) is 0 Å². The summed E-state index contributed by atoms with van der Waals surface area (Å²) >= 11 is 0. The molecule has 0 fully saturated rings. The Balaban J connectivity index is 2.20. The summed E-state index contributed by atoms with van der Waals surface area (Å²) in [7, 11) is 1.21. The lowest BCUT2D eigenvalue weighted by molar-refractivity contribution is -0.139. The molecule has 120 valence electrons. The number of ether oxygens (including phenoxy) is 2. The third-order valence-electron chi connectivity index (χ3n) is 3.39. The predicted molar refractivity (Wildman–Crippen MR) is 82.2 cm³/mol. The lowest BCUT2D eigenvalue weighted by Gasteiger charge is -2.06. The van der Waals surface area contributed by atoms with Gasteiger partial charge in [0.1, 0.15) is 6.61 Å². The van der Waals surface area contributed by atoms with Gasteiger partial charge in [0, 0.05) is 11.4 Å².